The van der Waals surface area contributed by atoms with Crippen LogP contribution in [0.3, 0.4) is 0 Å². The molecule has 0 spiro atoms. The quantitative estimate of drug-likeness (QED) is 0.802. The molecule has 1 N–H and O–H groups in total. The average molecular weight is 289 g/mol. The van der Waals surface area contributed by atoms with Gasteiger partial charge in [-0.05, 0) is 28.4 Å². The topological polar surface area (TPSA) is 28.2 Å². The monoisotopic (exact) mass is 287 g/mol. The molecule has 0 aromatic carbocycles. The summed E-state index contributed by atoms with van der Waals surface area (Å²) in [5.41, 5.74) is 1.17. The molecule has 2 atom stereocenters. The number of fused-ring (bicyclic) bond motifs is 2. The van der Waals surface area contributed by atoms with Crippen molar-refractivity contribution >= 4 is 33.2 Å². The average Bonchev–Trinajstić information content (AvgIpc) is 2.83. The van der Waals surface area contributed by atoms with Crippen molar-refractivity contribution in [2.45, 2.75) is 18.5 Å². The van der Waals surface area contributed by atoms with E-state index >= 15 is 0 Å². The number of rotatable bonds is 1. The third-order valence-corrected chi connectivity index (χ3v) is 4.30. The molecular weight excluding hydrogens is 277 g/mol. The predicted molar refractivity (Wildman–Crippen MR) is 64.5 cm³/mol. The molecule has 3 rings (SSSR count). The van der Waals surface area contributed by atoms with Crippen LogP contribution in [0.4, 0.5) is 5.69 Å². The Morgan fingerprint density at radius 3 is 3.07 bits per heavy atom. The number of nitrogens with zero attached hydrogens (tertiary/aromatic N) is 2. The van der Waals surface area contributed by atoms with Gasteiger partial charge in [-0.2, -0.15) is 0 Å². The molecule has 0 unspecified atom stereocenters. The van der Waals surface area contributed by atoms with Gasteiger partial charge < -0.3 is 10.2 Å². The fourth-order valence-corrected chi connectivity index (χ4v) is 2.89. The van der Waals surface area contributed by atoms with E-state index in [0.717, 1.165) is 17.6 Å². The van der Waals surface area contributed by atoms with Crippen LogP contribution in [0.5, 0.6) is 0 Å². The Balaban J connectivity index is 1.90. The van der Waals surface area contributed by atoms with E-state index in [2.05, 4.69) is 37.2 Å². The zero-order valence-electron chi connectivity index (χ0n) is 8.08. The lowest BCUT2D eigenvalue weighted by Crippen LogP contribution is -2.43. The SMILES string of the molecule is Clc1ncc(N2C[C@@H]3C[C@H]2CN3)cc1Br. The fraction of sp³-hybridized carbons (Fsp3) is 0.500. The third kappa shape index (κ3) is 1.65. The Morgan fingerprint density at radius 1 is 1.60 bits per heavy atom. The normalized spacial score (nSPS) is 28.8. The summed E-state index contributed by atoms with van der Waals surface area (Å²) in [7, 11) is 0. The highest BCUT2D eigenvalue weighted by Crippen LogP contribution is 2.32. The van der Waals surface area contributed by atoms with Crippen molar-refractivity contribution in [3.63, 3.8) is 0 Å². The van der Waals surface area contributed by atoms with Crippen molar-refractivity contribution < 1.29 is 0 Å². The van der Waals surface area contributed by atoms with E-state index in [1.54, 1.807) is 0 Å². The summed E-state index contributed by atoms with van der Waals surface area (Å²) in [6, 6.07) is 3.34. The number of halogens is 2. The first-order valence-electron chi connectivity index (χ1n) is 5.05. The van der Waals surface area contributed by atoms with Crippen LogP contribution in [-0.2, 0) is 0 Å². The van der Waals surface area contributed by atoms with E-state index in [4.69, 9.17) is 11.6 Å². The summed E-state index contributed by atoms with van der Waals surface area (Å²) in [5.74, 6) is 0. The van der Waals surface area contributed by atoms with E-state index in [1.807, 2.05) is 6.20 Å². The largest absolute Gasteiger partial charge is 0.364 e. The summed E-state index contributed by atoms with van der Waals surface area (Å²) >= 11 is 9.29. The number of anilines is 1. The van der Waals surface area contributed by atoms with Crippen molar-refractivity contribution in [3.8, 4) is 0 Å². The molecule has 3 heterocycles. The summed E-state index contributed by atoms with van der Waals surface area (Å²) in [6.07, 6.45) is 3.11. The Labute approximate surface area is 102 Å². The van der Waals surface area contributed by atoms with E-state index in [9.17, 15) is 0 Å². The number of hydrogen-bond donors (Lipinski definition) is 1. The van der Waals surface area contributed by atoms with Gasteiger partial charge in [0.15, 0.2) is 0 Å². The minimum atomic E-state index is 0.529. The van der Waals surface area contributed by atoms with E-state index in [-0.39, 0.29) is 0 Å². The highest BCUT2D eigenvalue weighted by molar-refractivity contribution is 9.10. The lowest BCUT2D eigenvalue weighted by molar-refractivity contribution is 0.579. The molecule has 80 valence electrons. The number of nitrogens with one attached hydrogen (secondary N) is 1. The van der Waals surface area contributed by atoms with Crippen molar-refractivity contribution in [3.05, 3.63) is 21.9 Å². The standard InChI is InChI=1S/C10H11BrClN3/c11-9-2-8(4-14-10(9)12)15-5-6-1-7(15)3-13-6/h2,4,6-7,13H,1,3,5H2/t6-,7-/m0/s1. The molecule has 0 radical (unpaired) electrons. The number of hydrogen-bond acceptors (Lipinski definition) is 3. The maximum atomic E-state index is 5.88. The van der Waals surface area contributed by atoms with Crippen LogP contribution in [0.2, 0.25) is 5.15 Å². The van der Waals surface area contributed by atoms with Gasteiger partial charge in [0.1, 0.15) is 5.15 Å². The second-order valence-corrected chi connectivity index (χ2v) is 5.33. The first-order valence-corrected chi connectivity index (χ1v) is 6.22. The summed E-state index contributed by atoms with van der Waals surface area (Å²) < 4.78 is 0.873. The van der Waals surface area contributed by atoms with Gasteiger partial charge in [-0.15, -0.1) is 0 Å². The van der Waals surface area contributed by atoms with Crippen LogP contribution in [0.1, 0.15) is 6.42 Å². The highest BCUT2D eigenvalue weighted by Gasteiger charge is 2.37. The van der Waals surface area contributed by atoms with Gasteiger partial charge >= 0.3 is 0 Å². The summed E-state index contributed by atoms with van der Waals surface area (Å²) in [5, 5.41) is 4.01. The van der Waals surface area contributed by atoms with Gasteiger partial charge in [0.2, 0.25) is 0 Å². The predicted octanol–water partition coefficient (Wildman–Crippen LogP) is 2.05. The molecule has 1 aromatic heterocycles. The van der Waals surface area contributed by atoms with Crippen LogP contribution in [0.15, 0.2) is 16.7 Å². The van der Waals surface area contributed by atoms with Crippen molar-refractivity contribution in [2.75, 3.05) is 18.0 Å². The van der Waals surface area contributed by atoms with Gasteiger partial charge in [0.25, 0.3) is 0 Å². The van der Waals surface area contributed by atoms with Crippen LogP contribution < -0.4 is 10.2 Å². The Kier molecular flexibility index (Phi) is 2.38. The molecule has 2 fully saturated rings. The molecule has 1 aromatic rings. The number of aromatic nitrogens is 1. The molecule has 15 heavy (non-hydrogen) atoms. The Bertz CT molecular complexity index is 398. The van der Waals surface area contributed by atoms with Crippen molar-refractivity contribution in [1.82, 2.24) is 10.3 Å². The van der Waals surface area contributed by atoms with Crippen LogP contribution in [-0.4, -0.2) is 30.2 Å². The third-order valence-electron chi connectivity index (χ3n) is 3.17. The maximum Gasteiger partial charge on any atom is 0.143 e. The molecule has 2 aliphatic heterocycles. The zero-order chi connectivity index (χ0) is 10.4. The summed E-state index contributed by atoms with van der Waals surface area (Å²) in [4.78, 5) is 6.58. The van der Waals surface area contributed by atoms with Gasteiger partial charge in [0.05, 0.1) is 16.4 Å². The van der Waals surface area contributed by atoms with Crippen LogP contribution in [0, 0.1) is 0 Å². The highest BCUT2D eigenvalue weighted by atomic mass is 79.9. The first-order chi connectivity index (χ1) is 7.24. The van der Waals surface area contributed by atoms with E-state index < -0.39 is 0 Å². The van der Waals surface area contributed by atoms with Gasteiger partial charge in [-0.25, -0.2) is 4.98 Å². The maximum absolute atomic E-state index is 5.88. The van der Waals surface area contributed by atoms with Crippen molar-refractivity contribution in [1.29, 1.82) is 0 Å². The molecule has 5 heteroatoms. The molecular formula is C10H11BrClN3. The fourth-order valence-electron chi connectivity index (χ4n) is 2.45. The Hall–Kier alpha value is -0.320. The molecule has 2 saturated heterocycles. The van der Waals surface area contributed by atoms with Gasteiger partial charge in [0, 0.05) is 25.2 Å². The number of piperazine rings is 1. The Morgan fingerprint density at radius 2 is 2.47 bits per heavy atom. The molecule has 2 bridgehead atoms. The first kappa shape index (κ1) is 9.87. The lowest BCUT2D eigenvalue weighted by Gasteiger charge is -2.29. The molecule has 0 saturated carbocycles. The van der Waals surface area contributed by atoms with Crippen LogP contribution >= 0.6 is 27.5 Å². The smallest absolute Gasteiger partial charge is 0.143 e. The lowest BCUT2D eigenvalue weighted by atomic mass is 10.2. The molecule has 3 nitrogen and oxygen atoms in total. The molecule has 0 aliphatic carbocycles. The van der Waals surface area contributed by atoms with Crippen molar-refractivity contribution in [2.24, 2.45) is 0 Å². The molecule has 2 aliphatic rings. The second kappa shape index (κ2) is 3.61. The minimum absolute atomic E-state index is 0.529. The minimum Gasteiger partial charge on any atom is -0.364 e. The summed E-state index contributed by atoms with van der Waals surface area (Å²) in [6.45, 7) is 2.17. The number of pyridine rings is 1. The van der Waals surface area contributed by atoms with Gasteiger partial charge in [-0.1, -0.05) is 11.6 Å². The van der Waals surface area contributed by atoms with Gasteiger partial charge in [-0.3, -0.25) is 0 Å². The van der Waals surface area contributed by atoms with E-state index in [0.29, 0.717) is 17.2 Å². The zero-order valence-corrected chi connectivity index (χ0v) is 10.4. The second-order valence-electron chi connectivity index (χ2n) is 4.11. The molecule has 0 amide bonds. The van der Waals surface area contributed by atoms with E-state index in [1.165, 1.54) is 12.1 Å². The van der Waals surface area contributed by atoms with Crippen LogP contribution in [0.25, 0.3) is 0 Å².